The monoisotopic (exact) mass is 379 g/mol. The molecule has 1 aliphatic rings. The molecule has 120 valence electrons. The third-order valence-electron chi connectivity index (χ3n) is 3.75. The van der Waals surface area contributed by atoms with Crippen LogP contribution in [-0.4, -0.2) is 47.0 Å². The summed E-state index contributed by atoms with van der Waals surface area (Å²) < 4.78 is 33.0. The fraction of sp³-hybridized carbons (Fsp3) is 0.692. The molecule has 8 heteroatoms. The Hall–Kier alpha value is -0.410. The molecule has 0 radical (unpaired) electrons. The van der Waals surface area contributed by atoms with Gasteiger partial charge < -0.3 is 14.6 Å². The first-order valence-corrected chi connectivity index (χ1v) is 9.31. The van der Waals surface area contributed by atoms with Crippen LogP contribution in [0, 0.1) is 5.92 Å². The Kier molecular flexibility index (Phi) is 5.84. The molecule has 0 bridgehead atoms. The van der Waals surface area contributed by atoms with E-state index in [0.29, 0.717) is 24.8 Å². The SMILES string of the molecule is CNCc1cc(S(=O)(=O)NCC2CCN(C)CC2)c(Br)o1. The first kappa shape index (κ1) is 17.0. The fourth-order valence-corrected chi connectivity index (χ4v) is 4.53. The molecule has 1 aromatic heterocycles. The van der Waals surface area contributed by atoms with Crippen molar-refractivity contribution >= 4 is 26.0 Å². The molecule has 1 fully saturated rings. The summed E-state index contributed by atoms with van der Waals surface area (Å²) >= 11 is 3.18. The van der Waals surface area contributed by atoms with Crippen LogP contribution in [0.5, 0.6) is 0 Å². The Balaban J connectivity index is 1.98. The molecule has 0 saturated carbocycles. The summed E-state index contributed by atoms with van der Waals surface area (Å²) in [5.74, 6) is 0.988. The quantitative estimate of drug-likeness (QED) is 0.780. The summed E-state index contributed by atoms with van der Waals surface area (Å²) in [5.41, 5.74) is 0. The lowest BCUT2D eigenvalue weighted by Crippen LogP contribution is -2.36. The lowest BCUT2D eigenvalue weighted by atomic mass is 9.98. The highest BCUT2D eigenvalue weighted by Crippen LogP contribution is 2.26. The van der Waals surface area contributed by atoms with Crippen LogP contribution in [0.2, 0.25) is 0 Å². The second kappa shape index (κ2) is 7.23. The molecule has 2 N–H and O–H groups in total. The van der Waals surface area contributed by atoms with Gasteiger partial charge in [0.2, 0.25) is 10.0 Å². The molecule has 1 saturated heterocycles. The second-order valence-corrected chi connectivity index (χ2v) is 7.94. The van der Waals surface area contributed by atoms with Crippen LogP contribution in [0.4, 0.5) is 0 Å². The van der Waals surface area contributed by atoms with E-state index >= 15 is 0 Å². The zero-order valence-corrected chi connectivity index (χ0v) is 14.8. The first-order chi connectivity index (χ1) is 9.92. The molecule has 0 atom stereocenters. The number of hydrogen-bond acceptors (Lipinski definition) is 5. The Morgan fingerprint density at radius 2 is 2.10 bits per heavy atom. The summed E-state index contributed by atoms with van der Waals surface area (Å²) in [6.07, 6.45) is 2.05. The second-order valence-electron chi connectivity index (χ2n) is 5.48. The standard InChI is InChI=1S/C13H22BrN3O3S/c1-15-9-11-7-12(13(14)20-11)21(18,19)16-8-10-3-5-17(2)6-4-10/h7,10,15-16H,3-6,8-9H2,1-2H3. The number of nitrogens with zero attached hydrogens (tertiary/aromatic N) is 1. The zero-order valence-electron chi connectivity index (χ0n) is 12.4. The van der Waals surface area contributed by atoms with Crippen molar-refractivity contribution in [1.29, 1.82) is 0 Å². The van der Waals surface area contributed by atoms with Gasteiger partial charge in [0.05, 0.1) is 6.54 Å². The molecule has 1 aliphatic heterocycles. The van der Waals surface area contributed by atoms with Crippen molar-refractivity contribution in [3.05, 3.63) is 16.5 Å². The molecule has 2 rings (SSSR count). The minimum Gasteiger partial charge on any atom is -0.452 e. The number of hydrogen-bond donors (Lipinski definition) is 2. The average Bonchev–Trinajstić information content (AvgIpc) is 2.80. The highest BCUT2D eigenvalue weighted by atomic mass is 79.9. The van der Waals surface area contributed by atoms with Crippen molar-refractivity contribution < 1.29 is 12.8 Å². The van der Waals surface area contributed by atoms with Gasteiger partial charge in [-0.15, -0.1) is 0 Å². The number of nitrogens with one attached hydrogen (secondary N) is 2. The van der Waals surface area contributed by atoms with Crippen LogP contribution in [-0.2, 0) is 16.6 Å². The van der Waals surface area contributed by atoms with E-state index in [4.69, 9.17) is 4.42 Å². The Labute approximate surface area is 134 Å². The van der Waals surface area contributed by atoms with Gasteiger partial charge in [-0.05, 0) is 61.9 Å². The molecule has 0 aromatic carbocycles. The fourth-order valence-electron chi connectivity index (χ4n) is 2.41. The summed E-state index contributed by atoms with van der Waals surface area (Å²) in [6, 6.07) is 1.55. The molecule has 21 heavy (non-hydrogen) atoms. The van der Waals surface area contributed by atoms with Gasteiger partial charge in [0.25, 0.3) is 0 Å². The van der Waals surface area contributed by atoms with E-state index in [9.17, 15) is 8.42 Å². The Morgan fingerprint density at radius 1 is 1.43 bits per heavy atom. The predicted octanol–water partition coefficient (Wildman–Crippen LogP) is 1.38. The van der Waals surface area contributed by atoms with Gasteiger partial charge in [0.1, 0.15) is 10.7 Å². The summed E-state index contributed by atoms with van der Waals surface area (Å²) in [5, 5.41) is 2.93. The summed E-state index contributed by atoms with van der Waals surface area (Å²) in [6.45, 7) is 3.01. The molecular formula is C13H22BrN3O3S. The van der Waals surface area contributed by atoms with Crippen molar-refractivity contribution in [3.63, 3.8) is 0 Å². The highest BCUT2D eigenvalue weighted by Gasteiger charge is 2.24. The smallest absolute Gasteiger partial charge is 0.244 e. The maximum Gasteiger partial charge on any atom is 0.244 e. The Bertz CT molecular complexity index is 565. The summed E-state index contributed by atoms with van der Waals surface area (Å²) in [4.78, 5) is 2.43. The molecule has 0 amide bonds. The van der Waals surface area contributed by atoms with Crippen LogP contribution in [0.1, 0.15) is 18.6 Å². The van der Waals surface area contributed by atoms with Crippen LogP contribution >= 0.6 is 15.9 Å². The van der Waals surface area contributed by atoms with Crippen LogP contribution in [0.15, 0.2) is 20.0 Å². The lowest BCUT2D eigenvalue weighted by Gasteiger charge is -2.28. The number of piperidine rings is 1. The molecule has 2 heterocycles. The van der Waals surface area contributed by atoms with Gasteiger partial charge in [-0.3, -0.25) is 0 Å². The van der Waals surface area contributed by atoms with Crippen LogP contribution in [0.25, 0.3) is 0 Å². The van der Waals surface area contributed by atoms with Crippen molar-refractivity contribution in [2.24, 2.45) is 5.92 Å². The third kappa shape index (κ3) is 4.53. The van der Waals surface area contributed by atoms with Gasteiger partial charge >= 0.3 is 0 Å². The van der Waals surface area contributed by atoms with Gasteiger partial charge in [-0.1, -0.05) is 0 Å². The Morgan fingerprint density at radius 3 is 2.71 bits per heavy atom. The number of furan rings is 1. The van der Waals surface area contributed by atoms with Gasteiger partial charge in [-0.25, -0.2) is 13.1 Å². The van der Waals surface area contributed by atoms with E-state index < -0.39 is 10.0 Å². The minimum absolute atomic E-state index is 0.167. The van der Waals surface area contributed by atoms with E-state index in [0.717, 1.165) is 25.9 Å². The normalized spacial score (nSPS) is 18.2. The van der Waals surface area contributed by atoms with Crippen molar-refractivity contribution in [1.82, 2.24) is 14.9 Å². The van der Waals surface area contributed by atoms with Gasteiger partial charge in [0, 0.05) is 12.6 Å². The third-order valence-corrected chi connectivity index (χ3v) is 6.03. The summed E-state index contributed by atoms with van der Waals surface area (Å²) in [7, 11) is 0.337. The van der Waals surface area contributed by atoms with Gasteiger partial charge in [-0.2, -0.15) is 0 Å². The number of likely N-dealkylation sites (tertiary alicyclic amines) is 1. The highest BCUT2D eigenvalue weighted by molar-refractivity contribution is 9.10. The number of rotatable bonds is 6. The van der Waals surface area contributed by atoms with E-state index in [1.165, 1.54) is 0 Å². The van der Waals surface area contributed by atoms with Gasteiger partial charge in [0.15, 0.2) is 4.67 Å². The minimum atomic E-state index is -3.53. The number of halogens is 1. The largest absolute Gasteiger partial charge is 0.452 e. The van der Waals surface area contributed by atoms with E-state index in [-0.39, 0.29) is 9.56 Å². The average molecular weight is 380 g/mol. The lowest BCUT2D eigenvalue weighted by molar-refractivity contribution is 0.220. The predicted molar refractivity (Wildman–Crippen MR) is 84.6 cm³/mol. The van der Waals surface area contributed by atoms with E-state index in [1.54, 1.807) is 13.1 Å². The van der Waals surface area contributed by atoms with Crippen LogP contribution < -0.4 is 10.0 Å². The van der Waals surface area contributed by atoms with E-state index in [1.807, 2.05) is 0 Å². The topological polar surface area (TPSA) is 74.6 Å². The van der Waals surface area contributed by atoms with Crippen molar-refractivity contribution in [2.45, 2.75) is 24.3 Å². The zero-order chi connectivity index (χ0) is 15.5. The molecule has 0 spiro atoms. The van der Waals surface area contributed by atoms with Crippen molar-refractivity contribution in [3.8, 4) is 0 Å². The van der Waals surface area contributed by atoms with E-state index in [2.05, 4.69) is 37.9 Å². The van der Waals surface area contributed by atoms with Crippen LogP contribution in [0.3, 0.4) is 0 Å². The molecular weight excluding hydrogens is 358 g/mol. The molecule has 0 aliphatic carbocycles. The maximum absolute atomic E-state index is 12.3. The maximum atomic E-state index is 12.3. The molecule has 0 unspecified atom stereocenters. The molecule has 6 nitrogen and oxygen atoms in total. The molecule has 1 aromatic rings. The van der Waals surface area contributed by atoms with Crippen molar-refractivity contribution in [2.75, 3.05) is 33.7 Å². The first-order valence-electron chi connectivity index (χ1n) is 7.03. The number of sulfonamides is 1.